The lowest BCUT2D eigenvalue weighted by Crippen LogP contribution is -2.35. The van der Waals surface area contributed by atoms with Gasteiger partial charge in [-0.15, -0.1) is 0 Å². The molecule has 3 heteroatoms. The highest BCUT2D eigenvalue weighted by atomic mass is 16.3. The zero-order valence-electron chi connectivity index (χ0n) is 9.67. The number of hydrogen-bond donors (Lipinski definition) is 2. The van der Waals surface area contributed by atoms with Crippen LogP contribution in [-0.4, -0.2) is 28.2 Å². The molecule has 2 rings (SSSR count). The smallest absolute Gasteiger partial charge is 0.136 e. The van der Waals surface area contributed by atoms with Gasteiger partial charge in [-0.2, -0.15) is 0 Å². The van der Waals surface area contributed by atoms with Gasteiger partial charge in [-0.1, -0.05) is 25.5 Å². The minimum atomic E-state index is -0.410. The number of hydrogen-bond acceptors (Lipinski definition) is 3. The van der Waals surface area contributed by atoms with Crippen LogP contribution in [0.3, 0.4) is 0 Å². The minimum Gasteiger partial charge on any atom is -0.392 e. The van der Waals surface area contributed by atoms with Gasteiger partial charge in [0, 0.05) is 18.3 Å². The molecule has 0 aliphatic heterocycles. The molecule has 0 aromatic rings. The molecular formula is C13H20O3. The Hall–Kier alpha value is -0.670. The SMILES string of the molecule is CCCC(O)C=CC1C(O)C[C@@H]2C(=O)C[C@@H]12. The van der Waals surface area contributed by atoms with Crippen molar-refractivity contribution in [1.29, 1.82) is 0 Å². The first-order valence-corrected chi connectivity index (χ1v) is 6.20. The number of fused-ring (bicyclic) bond motifs is 1. The third-order valence-electron chi connectivity index (χ3n) is 3.94. The number of Topliss-reactive ketones (excluding diaryl/α,β-unsaturated/α-hetero) is 1. The monoisotopic (exact) mass is 224 g/mol. The summed E-state index contributed by atoms with van der Waals surface area (Å²) in [5.74, 6) is 0.795. The van der Waals surface area contributed by atoms with E-state index in [-0.39, 0.29) is 11.8 Å². The normalized spacial score (nSPS) is 39.8. The molecule has 90 valence electrons. The number of carbonyl (C=O) groups is 1. The average Bonchev–Trinajstić information content (AvgIpc) is 2.49. The van der Waals surface area contributed by atoms with Crippen LogP contribution < -0.4 is 0 Å². The van der Waals surface area contributed by atoms with E-state index in [2.05, 4.69) is 0 Å². The van der Waals surface area contributed by atoms with E-state index in [1.54, 1.807) is 6.08 Å². The van der Waals surface area contributed by atoms with Crippen LogP contribution >= 0.6 is 0 Å². The van der Waals surface area contributed by atoms with Crippen molar-refractivity contribution in [2.45, 2.75) is 44.8 Å². The van der Waals surface area contributed by atoms with Crippen molar-refractivity contribution in [3.63, 3.8) is 0 Å². The summed E-state index contributed by atoms with van der Waals surface area (Å²) in [5.41, 5.74) is 0. The van der Waals surface area contributed by atoms with Gasteiger partial charge in [0.2, 0.25) is 0 Å². The van der Waals surface area contributed by atoms with Crippen LogP contribution in [0.5, 0.6) is 0 Å². The Morgan fingerprint density at radius 2 is 2.31 bits per heavy atom. The zero-order valence-corrected chi connectivity index (χ0v) is 9.67. The minimum absolute atomic E-state index is 0.0780. The molecule has 5 atom stereocenters. The molecule has 0 spiro atoms. The quantitative estimate of drug-likeness (QED) is 0.707. The van der Waals surface area contributed by atoms with E-state index in [9.17, 15) is 15.0 Å². The zero-order chi connectivity index (χ0) is 11.7. The molecule has 0 saturated heterocycles. The fraction of sp³-hybridized carbons (Fsp3) is 0.769. The van der Waals surface area contributed by atoms with E-state index in [4.69, 9.17) is 0 Å². The van der Waals surface area contributed by atoms with Gasteiger partial charge in [-0.25, -0.2) is 0 Å². The Bertz CT molecular complexity index is 298. The standard InChI is InChI=1S/C13H20O3/c1-2-3-8(14)4-5-9-10-6-13(16)11(10)7-12(9)15/h4-5,8-12,14-15H,2-3,6-7H2,1H3/t8?,9?,10-,11-,12?/m0/s1. The molecule has 2 saturated carbocycles. The number of aliphatic hydroxyl groups excluding tert-OH is 2. The van der Waals surface area contributed by atoms with Gasteiger partial charge in [0.1, 0.15) is 5.78 Å². The van der Waals surface area contributed by atoms with Crippen molar-refractivity contribution in [3.05, 3.63) is 12.2 Å². The van der Waals surface area contributed by atoms with Gasteiger partial charge >= 0.3 is 0 Å². The molecule has 3 unspecified atom stereocenters. The summed E-state index contributed by atoms with van der Waals surface area (Å²) < 4.78 is 0. The highest BCUT2D eigenvalue weighted by Crippen LogP contribution is 2.48. The summed E-state index contributed by atoms with van der Waals surface area (Å²) >= 11 is 0. The van der Waals surface area contributed by atoms with E-state index < -0.39 is 12.2 Å². The first-order valence-electron chi connectivity index (χ1n) is 6.20. The van der Waals surface area contributed by atoms with Crippen LogP contribution in [0.15, 0.2) is 12.2 Å². The van der Waals surface area contributed by atoms with Crippen molar-refractivity contribution in [1.82, 2.24) is 0 Å². The molecule has 0 heterocycles. The second-order valence-electron chi connectivity index (χ2n) is 5.06. The fourth-order valence-electron chi connectivity index (χ4n) is 2.94. The Labute approximate surface area is 96.2 Å². The van der Waals surface area contributed by atoms with Crippen LogP contribution in [-0.2, 0) is 4.79 Å². The molecule has 0 aromatic heterocycles. The third-order valence-corrected chi connectivity index (χ3v) is 3.94. The summed E-state index contributed by atoms with van der Waals surface area (Å²) in [5, 5.41) is 19.4. The second kappa shape index (κ2) is 4.68. The van der Waals surface area contributed by atoms with E-state index >= 15 is 0 Å². The maximum atomic E-state index is 11.3. The summed E-state index contributed by atoms with van der Waals surface area (Å²) in [4.78, 5) is 11.3. The third kappa shape index (κ3) is 2.06. The van der Waals surface area contributed by atoms with Crippen LogP contribution in [0.4, 0.5) is 0 Å². The lowest BCUT2D eigenvalue weighted by atomic mass is 9.71. The van der Waals surface area contributed by atoms with Gasteiger partial charge in [0.05, 0.1) is 12.2 Å². The van der Waals surface area contributed by atoms with Gasteiger partial charge in [-0.3, -0.25) is 4.79 Å². The van der Waals surface area contributed by atoms with Crippen molar-refractivity contribution in [2.24, 2.45) is 17.8 Å². The number of aliphatic hydroxyl groups is 2. The molecule has 0 radical (unpaired) electrons. The van der Waals surface area contributed by atoms with Gasteiger partial charge in [0.15, 0.2) is 0 Å². The second-order valence-corrected chi connectivity index (χ2v) is 5.06. The van der Waals surface area contributed by atoms with E-state index in [1.165, 1.54) is 0 Å². The van der Waals surface area contributed by atoms with Crippen molar-refractivity contribution in [2.75, 3.05) is 0 Å². The predicted octanol–water partition coefficient (Wildman–Crippen LogP) is 1.29. The molecule has 2 N–H and O–H groups in total. The lowest BCUT2D eigenvalue weighted by molar-refractivity contribution is -0.133. The fourth-order valence-corrected chi connectivity index (χ4v) is 2.94. The van der Waals surface area contributed by atoms with Crippen molar-refractivity contribution < 1.29 is 15.0 Å². The Kier molecular flexibility index (Phi) is 3.45. The van der Waals surface area contributed by atoms with Crippen LogP contribution in [0.25, 0.3) is 0 Å². The maximum absolute atomic E-state index is 11.3. The van der Waals surface area contributed by atoms with E-state index in [0.29, 0.717) is 24.5 Å². The maximum Gasteiger partial charge on any atom is 0.136 e. The Morgan fingerprint density at radius 1 is 1.56 bits per heavy atom. The van der Waals surface area contributed by atoms with Crippen molar-refractivity contribution >= 4 is 5.78 Å². The van der Waals surface area contributed by atoms with Crippen LogP contribution in [0.2, 0.25) is 0 Å². The summed E-state index contributed by atoms with van der Waals surface area (Å²) in [6.45, 7) is 2.03. The molecule has 2 aliphatic carbocycles. The molecule has 0 bridgehead atoms. The molecule has 2 aliphatic rings. The Morgan fingerprint density at radius 3 is 2.88 bits per heavy atom. The van der Waals surface area contributed by atoms with Crippen molar-refractivity contribution in [3.8, 4) is 0 Å². The Balaban J connectivity index is 1.92. The highest BCUT2D eigenvalue weighted by molar-refractivity contribution is 5.88. The summed E-state index contributed by atoms with van der Waals surface area (Å²) in [6.07, 6.45) is 5.82. The molecule has 3 nitrogen and oxygen atoms in total. The summed E-state index contributed by atoms with van der Waals surface area (Å²) in [7, 11) is 0. The van der Waals surface area contributed by atoms with Crippen LogP contribution in [0.1, 0.15) is 32.6 Å². The first-order chi connectivity index (χ1) is 7.63. The molecule has 2 fully saturated rings. The molecule has 0 aromatic carbocycles. The topological polar surface area (TPSA) is 57.5 Å². The average molecular weight is 224 g/mol. The molecule has 16 heavy (non-hydrogen) atoms. The molecule has 0 amide bonds. The number of rotatable bonds is 4. The first kappa shape index (κ1) is 11.8. The van der Waals surface area contributed by atoms with Gasteiger partial charge < -0.3 is 10.2 Å². The highest BCUT2D eigenvalue weighted by Gasteiger charge is 2.51. The summed E-state index contributed by atoms with van der Waals surface area (Å²) in [6, 6.07) is 0. The number of ketones is 1. The predicted molar refractivity (Wildman–Crippen MR) is 60.8 cm³/mol. The van der Waals surface area contributed by atoms with E-state index in [1.807, 2.05) is 13.0 Å². The lowest BCUT2D eigenvalue weighted by Gasteiger charge is -2.31. The van der Waals surface area contributed by atoms with Crippen LogP contribution in [0, 0.1) is 17.8 Å². The molecular weight excluding hydrogens is 204 g/mol. The van der Waals surface area contributed by atoms with Gasteiger partial charge in [0.25, 0.3) is 0 Å². The number of carbonyl (C=O) groups excluding carboxylic acids is 1. The van der Waals surface area contributed by atoms with Gasteiger partial charge in [-0.05, 0) is 18.8 Å². The largest absolute Gasteiger partial charge is 0.392 e. The van der Waals surface area contributed by atoms with E-state index in [0.717, 1.165) is 12.8 Å².